The largest absolute Gasteiger partial charge is 0.497 e. The van der Waals surface area contributed by atoms with Crippen molar-refractivity contribution in [3.63, 3.8) is 0 Å². The molecule has 0 bridgehead atoms. The van der Waals surface area contributed by atoms with Gasteiger partial charge < -0.3 is 19.0 Å². The molecule has 3 N–H and O–H groups in total. The van der Waals surface area contributed by atoms with E-state index >= 15 is 0 Å². The first-order valence-electron chi connectivity index (χ1n) is 10.1. The fourth-order valence-electron chi connectivity index (χ4n) is 3.70. The predicted molar refractivity (Wildman–Crippen MR) is 121 cm³/mol. The second-order valence-corrected chi connectivity index (χ2v) is 10.6. The van der Waals surface area contributed by atoms with Gasteiger partial charge >= 0.3 is 0 Å². The van der Waals surface area contributed by atoms with Crippen molar-refractivity contribution in [2.24, 2.45) is 5.92 Å². The number of nitrogens with one attached hydrogen (secondary N) is 3. The van der Waals surface area contributed by atoms with E-state index < -0.39 is 10.0 Å². The monoisotopic (exact) mass is 478 g/mol. The molecule has 1 aliphatic carbocycles. The lowest BCUT2D eigenvalue weighted by atomic mass is 10.2. The van der Waals surface area contributed by atoms with Gasteiger partial charge in [-0.25, -0.2) is 23.1 Å². The lowest BCUT2D eigenvalue weighted by Gasteiger charge is -2.08. The first-order chi connectivity index (χ1) is 15.3. The van der Waals surface area contributed by atoms with Gasteiger partial charge in [0, 0.05) is 12.6 Å². The van der Waals surface area contributed by atoms with Gasteiger partial charge in [-0.3, -0.25) is 5.41 Å². The number of hydrogen-bond acceptors (Lipinski definition) is 8. The fraction of sp³-hybridized carbons (Fsp3) is 0.450. The molecule has 0 spiro atoms. The normalized spacial score (nSPS) is 18.1. The van der Waals surface area contributed by atoms with E-state index in [2.05, 4.69) is 14.7 Å². The molecule has 1 fully saturated rings. The first kappa shape index (κ1) is 22.6. The highest BCUT2D eigenvalue weighted by atomic mass is 32.2. The van der Waals surface area contributed by atoms with Crippen LogP contribution in [-0.4, -0.2) is 55.0 Å². The molecular formula is C20H26N6O4S2. The van der Waals surface area contributed by atoms with Gasteiger partial charge in [-0.05, 0) is 55.1 Å². The standard InChI is InChI=1S/C20H26N6O4S2/c1-29-13-6-7-15(30-2)16(10-13)31-20-24-17-18(21)22-11-26(19(17)25-20)14-9-12(14)5-4-8-23-32(3,27)28/h6-7,10-12,14,21,23H,4-5,8-9H2,1-3H3,(H,24,25). The summed E-state index contributed by atoms with van der Waals surface area (Å²) in [6.45, 7) is 0.442. The van der Waals surface area contributed by atoms with E-state index in [9.17, 15) is 8.42 Å². The van der Waals surface area contributed by atoms with E-state index in [1.807, 2.05) is 22.8 Å². The van der Waals surface area contributed by atoms with Crippen LogP contribution in [0, 0.1) is 11.3 Å². The second-order valence-electron chi connectivity index (χ2n) is 7.73. The van der Waals surface area contributed by atoms with Crippen molar-refractivity contribution in [1.29, 1.82) is 5.41 Å². The molecule has 0 radical (unpaired) electrons. The van der Waals surface area contributed by atoms with E-state index in [1.165, 1.54) is 18.0 Å². The summed E-state index contributed by atoms with van der Waals surface area (Å²) in [5.74, 6) is 1.86. The Morgan fingerprint density at radius 2 is 2.16 bits per heavy atom. The van der Waals surface area contributed by atoms with Crippen LogP contribution in [0.5, 0.6) is 11.5 Å². The Labute approximate surface area is 190 Å². The zero-order valence-electron chi connectivity index (χ0n) is 18.1. The molecule has 4 rings (SSSR count). The number of methoxy groups -OCH3 is 2. The highest BCUT2D eigenvalue weighted by Crippen LogP contribution is 2.47. The minimum atomic E-state index is -3.15. The van der Waals surface area contributed by atoms with Gasteiger partial charge in [0.25, 0.3) is 0 Å². The van der Waals surface area contributed by atoms with Crippen LogP contribution >= 0.6 is 11.8 Å². The zero-order valence-corrected chi connectivity index (χ0v) is 19.7. The first-order valence-corrected chi connectivity index (χ1v) is 12.9. The summed E-state index contributed by atoms with van der Waals surface area (Å²) >= 11 is 1.40. The molecule has 2 heterocycles. The Balaban J connectivity index is 1.52. The summed E-state index contributed by atoms with van der Waals surface area (Å²) in [6.07, 6.45) is 5.51. The summed E-state index contributed by atoms with van der Waals surface area (Å²) in [4.78, 5) is 13.0. The molecule has 0 amide bonds. The van der Waals surface area contributed by atoms with E-state index in [0.717, 1.165) is 24.2 Å². The summed E-state index contributed by atoms with van der Waals surface area (Å²) in [5.41, 5.74) is 1.42. The molecule has 1 aliphatic rings. The fourth-order valence-corrected chi connectivity index (χ4v) is 5.13. The van der Waals surface area contributed by atoms with Gasteiger partial charge in [-0.2, -0.15) is 0 Å². The third-order valence-corrected chi connectivity index (χ3v) is 7.05. The van der Waals surface area contributed by atoms with Crippen molar-refractivity contribution in [3.8, 4) is 11.5 Å². The Bertz CT molecular complexity index is 1290. The third kappa shape index (κ3) is 5.08. The number of nitrogens with zero attached hydrogens (tertiary/aromatic N) is 3. The average Bonchev–Trinajstić information content (AvgIpc) is 3.39. The van der Waals surface area contributed by atoms with E-state index in [0.29, 0.717) is 40.3 Å². The van der Waals surface area contributed by atoms with Crippen LogP contribution in [0.3, 0.4) is 0 Å². The topological polar surface area (TPSA) is 135 Å². The molecule has 1 aromatic carbocycles. The maximum atomic E-state index is 11.2. The van der Waals surface area contributed by atoms with Crippen molar-refractivity contribution in [3.05, 3.63) is 30.0 Å². The molecule has 3 aromatic rings. The number of H-pyrrole nitrogens is 1. The molecule has 1 saturated carbocycles. The average molecular weight is 479 g/mol. The molecule has 0 saturated heterocycles. The summed E-state index contributed by atoms with van der Waals surface area (Å²) in [6, 6.07) is 5.80. The molecule has 2 unspecified atom stereocenters. The van der Waals surface area contributed by atoms with Crippen LogP contribution < -0.4 is 19.7 Å². The molecule has 10 nitrogen and oxygen atoms in total. The number of ether oxygens (including phenoxy) is 2. The van der Waals surface area contributed by atoms with Crippen molar-refractivity contribution in [1.82, 2.24) is 24.2 Å². The van der Waals surface area contributed by atoms with E-state index in [1.54, 1.807) is 20.5 Å². The Morgan fingerprint density at radius 3 is 2.88 bits per heavy atom. The Kier molecular flexibility index (Phi) is 6.45. The van der Waals surface area contributed by atoms with E-state index in [4.69, 9.17) is 19.9 Å². The molecule has 172 valence electrons. The molecule has 2 atom stereocenters. The molecular weight excluding hydrogens is 452 g/mol. The number of hydrogen-bond donors (Lipinski definition) is 3. The second kappa shape index (κ2) is 9.12. The number of fused-ring (bicyclic) bond motifs is 1. The van der Waals surface area contributed by atoms with Crippen LogP contribution in [0.4, 0.5) is 0 Å². The van der Waals surface area contributed by atoms with Gasteiger partial charge in [-0.15, -0.1) is 0 Å². The minimum Gasteiger partial charge on any atom is -0.497 e. The lowest BCUT2D eigenvalue weighted by molar-refractivity contribution is 0.394. The maximum Gasteiger partial charge on any atom is 0.208 e. The quantitative estimate of drug-likeness (QED) is 0.381. The van der Waals surface area contributed by atoms with Crippen LogP contribution in [0.1, 0.15) is 25.3 Å². The van der Waals surface area contributed by atoms with Crippen LogP contribution in [0.25, 0.3) is 11.2 Å². The SMILES string of the molecule is COc1ccc(OC)c(Sc2nc3c([nH]2)c(=N)ncn3C2CC2CCCNS(C)(=O)=O)c1. The molecule has 0 aliphatic heterocycles. The van der Waals surface area contributed by atoms with Gasteiger partial charge in [0.05, 0.1) is 31.7 Å². The van der Waals surface area contributed by atoms with E-state index in [-0.39, 0.29) is 11.5 Å². The van der Waals surface area contributed by atoms with Crippen LogP contribution in [0.15, 0.2) is 34.6 Å². The van der Waals surface area contributed by atoms with Crippen LogP contribution in [-0.2, 0) is 10.0 Å². The molecule has 32 heavy (non-hydrogen) atoms. The number of rotatable bonds is 10. The number of imidazole rings is 1. The van der Waals surface area contributed by atoms with Gasteiger partial charge in [0.15, 0.2) is 16.3 Å². The third-order valence-electron chi connectivity index (χ3n) is 5.39. The molecule has 2 aromatic heterocycles. The van der Waals surface area contributed by atoms with Crippen LogP contribution in [0.2, 0.25) is 0 Å². The van der Waals surface area contributed by atoms with Crippen molar-refractivity contribution < 1.29 is 17.9 Å². The highest BCUT2D eigenvalue weighted by molar-refractivity contribution is 7.99. The summed E-state index contributed by atoms with van der Waals surface area (Å²) in [7, 11) is 0.0739. The molecule has 12 heteroatoms. The van der Waals surface area contributed by atoms with Crippen molar-refractivity contribution in [2.75, 3.05) is 27.0 Å². The Hall–Kier alpha value is -2.57. The van der Waals surface area contributed by atoms with Gasteiger partial charge in [-0.1, -0.05) is 0 Å². The smallest absolute Gasteiger partial charge is 0.208 e. The number of sulfonamides is 1. The summed E-state index contributed by atoms with van der Waals surface area (Å²) in [5, 5.41) is 8.82. The zero-order chi connectivity index (χ0) is 22.9. The Morgan fingerprint density at radius 1 is 1.34 bits per heavy atom. The van der Waals surface area contributed by atoms with Gasteiger partial charge in [0.2, 0.25) is 10.0 Å². The predicted octanol–water partition coefficient (Wildman–Crippen LogP) is 2.30. The number of benzene rings is 1. The lowest BCUT2D eigenvalue weighted by Crippen LogP contribution is -2.23. The number of aromatic nitrogens is 4. The summed E-state index contributed by atoms with van der Waals surface area (Å²) < 4.78 is 37.7. The minimum absolute atomic E-state index is 0.141. The highest BCUT2D eigenvalue weighted by Gasteiger charge is 2.39. The number of aromatic amines is 1. The van der Waals surface area contributed by atoms with Crippen molar-refractivity contribution >= 4 is 32.9 Å². The van der Waals surface area contributed by atoms with Crippen molar-refractivity contribution in [2.45, 2.75) is 35.4 Å². The maximum absolute atomic E-state index is 11.2. The van der Waals surface area contributed by atoms with Gasteiger partial charge in [0.1, 0.15) is 17.0 Å².